The van der Waals surface area contributed by atoms with Crippen molar-refractivity contribution in [2.45, 2.75) is 19.6 Å². The second-order valence-electron chi connectivity index (χ2n) is 5.69. The third-order valence-electron chi connectivity index (χ3n) is 3.51. The van der Waals surface area contributed by atoms with E-state index in [1.165, 1.54) is 5.56 Å². The Morgan fingerprint density at radius 3 is 2.64 bits per heavy atom. The minimum atomic E-state index is -0.110. The topological polar surface area (TPSA) is 38.3 Å². The Bertz CT molecular complexity index is 716. The Morgan fingerprint density at radius 2 is 1.96 bits per heavy atom. The van der Waals surface area contributed by atoms with Crippen LogP contribution in [0.2, 0.25) is 5.02 Å². The third kappa shape index (κ3) is 6.92. The average molecular weight is 443 g/mol. The zero-order valence-electron chi connectivity index (χ0n) is 14.3. The lowest BCUT2D eigenvalue weighted by atomic mass is 10.1. The summed E-state index contributed by atoms with van der Waals surface area (Å²) in [7, 11) is 0. The van der Waals surface area contributed by atoms with Gasteiger partial charge in [0.1, 0.15) is 5.75 Å². The van der Waals surface area contributed by atoms with E-state index in [-0.39, 0.29) is 12.5 Å². The van der Waals surface area contributed by atoms with Crippen molar-refractivity contribution >= 4 is 45.2 Å². The van der Waals surface area contributed by atoms with E-state index in [4.69, 9.17) is 16.3 Å². The predicted molar refractivity (Wildman–Crippen MR) is 110 cm³/mol. The fraction of sp³-hybridized carbons (Fsp3) is 0.316. The van der Waals surface area contributed by atoms with Crippen LogP contribution in [0.1, 0.15) is 16.7 Å². The van der Waals surface area contributed by atoms with Crippen LogP contribution in [0.4, 0.5) is 0 Å². The number of hydrogen-bond acceptors (Lipinski definition) is 3. The zero-order valence-corrected chi connectivity index (χ0v) is 17.4. The van der Waals surface area contributed by atoms with Crippen LogP contribution in [-0.2, 0) is 10.5 Å². The second-order valence-corrected chi connectivity index (χ2v) is 8.03. The first-order valence-electron chi connectivity index (χ1n) is 7.94. The van der Waals surface area contributed by atoms with E-state index < -0.39 is 0 Å². The minimum Gasteiger partial charge on any atom is -0.484 e. The maximum Gasteiger partial charge on any atom is 0.257 e. The van der Waals surface area contributed by atoms with Crippen LogP contribution < -0.4 is 10.1 Å². The van der Waals surface area contributed by atoms with Crippen LogP contribution in [0.5, 0.6) is 5.75 Å². The highest BCUT2D eigenvalue weighted by atomic mass is 79.9. The van der Waals surface area contributed by atoms with Crippen molar-refractivity contribution in [2.75, 3.05) is 18.9 Å². The van der Waals surface area contributed by atoms with Crippen molar-refractivity contribution in [3.05, 3.63) is 62.6 Å². The van der Waals surface area contributed by atoms with E-state index >= 15 is 0 Å². The van der Waals surface area contributed by atoms with Gasteiger partial charge >= 0.3 is 0 Å². The number of carbonyl (C=O) groups excluding carboxylic acids is 1. The van der Waals surface area contributed by atoms with Gasteiger partial charge in [-0.2, -0.15) is 11.8 Å². The summed E-state index contributed by atoms with van der Waals surface area (Å²) < 4.78 is 6.64. The van der Waals surface area contributed by atoms with E-state index in [2.05, 4.69) is 21.2 Å². The van der Waals surface area contributed by atoms with Gasteiger partial charge in [-0.05, 0) is 54.8 Å². The monoisotopic (exact) mass is 441 g/mol. The molecule has 2 rings (SSSR count). The number of carbonyl (C=O) groups is 1. The highest BCUT2D eigenvalue weighted by Crippen LogP contribution is 2.26. The number of amides is 1. The molecule has 0 bridgehead atoms. The molecule has 25 heavy (non-hydrogen) atoms. The molecular weight excluding hydrogens is 422 g/mol. The van der Waals surface area contributed by atoms with E-state index in [9.17, 15) is 4.79 Å². The largest absolute Gasteiger partial charge is 0.484 e. The van der Waals surface area contributed by atoms with Crippen LogP contribution in [0.25, 0.3) is 0 Å². The van der Waals surface area contributed by atoms with Crippen molar-refractivity contribution in [2.24, 2.45) is 0 Å². The number of hydrogen-bond donors (Lipinski definition) is 1. The number of nitrogens with one attached hydrogen (secondary N) is 1. The third-order valence-corrected chi connectivity index (χ3v) is 6.02. The second kappa shape index (κ2) is 10.1. The highest BCUT2D eigenvalue weighted by molar-refractivity contribution is 9.10. The maximum atomic E-state index is 11.9. The molecule has 0 heterocycles. The number of aryl methyl sites for hydroxylation is 2. The molecule has 0 aliphatic heterocycles. The molecule has 2 aromatic rings. The molecule has 2 aromatic carbocycles. The number of thioether (sulfide) groups is 1. The summed E-state index contributed by atoms with van der Waals surface area (Å²) in [5, 5.41) is 3.62. The molecule has 1 N–H and O–H groups in total. The molecule has 0 radical (unpaired) electrons. The molecule has 6 heteroatoms. The minimum absolute atomic E-state index is 0.0273. The van der Waals surface area contributed by atoms with Crippen LogP contribution in [0.15, 0.2) is 40.9 Å². The fourth-order valence-electron chi connectivity index (χ4n) is 2.27. The molecule has 0 saturated carbocycles. The van der Waals surface area contributed by atoms with Crippen molar-refractivity contribution < 1.29 is 9.53 Å². The molecule has 0 atom stereocenters. The van der Waals surface area contributed by atoms with Gasteiger partial charge in [0.05, 0.1) is 0 Å². The molecule has 0 aromatic heterocycles. The Balaban J connectivity index is 1.64. The van der Waals surface area contributed by atoms with Gasteiger partial charge in [0.25, 0.3) is 5.91 Å². The summed E-state index contributed by atoms with van der Waals surface area (Å²) >= 11 is 11.2. The van der Waals surface area contributed by atoms with Crippen LogP contribution in [0, 0.1) is 13.8 Å². The van der Waals surface area contributed by atoms with Crippen molar-refractivity contribution in [3.63, 3.8) is 0 Å². The average Bonchev–Trinajstić information content (AvgIpc) is 2.57. The molecule has 0 spiro atoms. The molecule has 3 nitrogen and oxygen atoms in total. The smallest absolute Gasteiger partial charge is 0.257 e. The van der Waals surface area contributed by atoms with Gasteiger partial charge in [0.15, 0.2) is 6.61 Å². The van der Waals surface area contributed by atoms with Gasteiger partial charge < -0.3 is 10.1 Å². The maximum absolute atomic E-state index is 11.9. The Kier molecular flexibility index (Phi) is 8.13. The Hall–Kier alpha value is -1.17. The van der Waals surface area contributed by atoms with Gasteiger partial charge in [-0.15, -0.1) is 0 Å². The fourth-order valence-corrected chi connectivity index (χ4v) is 3.52. The molecule has 0 aliphatic rings. The molecule has 134 valence electrons. The van der Waals surface area contributed by atoms with Gasteiger partial charge in [-0.3, -0.25) is 4.79 Å². The molecular formula is C19H21BrClNO2S. The Morgan fingerprint density at radius 1 is 1.24 bits per heavy atom. The first-order valence-corrected chi connectivity index (χ1v) is 10.3. The normalized spacial score (nSPS) is 10.6. The molecule has 0 fully saturated rings. The predicted octanol–water partition coefficient (Wildman–Crippen LogP) is 5.15. The van der Waals surface area contributed by atoms with E-state index in [1.54, 1.807) is 11.8 Å². The number of ether oxygens (including phenoxy) is 1. The summed E-state index contributed by atoms with van der Waals surface area (Å²) in [5.41, 5.74) is 3.37. The summed E-state index contributed by atoms with van der Waals surface area (Å²) in [5.74, 6) is 2.32. The summed E-state index contributed by atoms with van der Waals surface area (Å²) in [6.45, 7) is 4.65. The quantitative estimate of drug-likeness (QED) is 0.575. The van der Waals surface area contributed by atoms with Crippen LogP contribution in [-0.4, -0.2) is 24.8 Å². The first-order chi connectivity index (χ1) is 12.0. The summed E-state index contributed by atoms with van der Waals surface area (Å²) in [6, 6.07) is 11.7. The number of halogens is 2. The van der Waals surface area contributed by atoms with Crippen molar-refractivity contribution in [1.29, 1.82) is 0 Å². The molecule has 0 saturated heterocycles. The van der Waals surface area contributed by atoms with Gasteiger partial charge in [0, 0.05) is 27.5 Å². The Labute approximate surface area is 166 Å². The van der Waals surface area contributed by atoms with Gasteiger partial charge in [-0.1, -0.05) is 39.7 Å². The van der Waals surface area contributed by atoms with Gasteiger partial charge in [-0.25, -0.2) is 0 Å². The lowest BCUT2D eigenvalue weighted by Crippen LogP contribution is -2.30. The number of rotatable bonds is 8. The SMILES string of the molecule is Cc1cc(OCC(=O)NCCSCc2cccc(Cl)c2)cc(C)c1Br. The molecule has 0 unspecified atom stereocenters. The lowest BCUT2D eigenvalue weighted by molar-refractivity contribution is -0.122. The van der Waals surface area contributed by atoms with Gasteiger partial charge in [0.2, 0.25) is 0 Å². The zero-order chi connectivity index (χ0) is 18.2. The number of benzene rings is 2. The van der Waals surface area contributed by atoms with E-state index in [0.717, 1.165) is 32.1 Å². The molecule has 0 aliphatic carbocycles. The van der Waals surface area contributed by atoms with Crippen molar-refractivity contribution in [1.82, 2.24) is 5.32 Å². The van der Waals surface area contributed by atoms with Crippen LogP contribution >= 0.6 is 39.3 Å². The first kappa shape index (κ1) is 20.1. The summed E-state index contributed by atoms with van der Waals surface area (Å²) in [4.78, 5) is 11.9. The highest BCUT2D eigenvalue weighted by Gasteiger charge is 2.06. The molecule has 1 amide bonds. The van der Waals surface area contributed by atoms with E-state index in [0.29, 0.717) is 12.3 Å². The van der Waals surface area contributed by atoms with Crippen LogP contribution in [0.3, 0.4) is 0 Å². The summed E-state index contributed by atoms with van der Waals surface area (Å²) in [6.07, 6.45) is 0. The standard InChI is InChI=1S/C19H21BrClNO2S/c1-13-8-17(9-14(2)19(13)20)24-11-18(23)22-6-7-25-12-15-4-3-5-16(21)10-15/h3-5,8-10H,6-7,11-12H2,1-2H3,(H,22,23). The lowest BCUT2D eigenvalue weighted by Gasteiger charge is -2.10. The van der Waals surface area contributed by atoms with E-state index in [1.807, 2.05) is 50.2 Å². The van der Waals surface area contributed by atoms with Crippen molar-refractivity contribution in [3.8, 4) is 5.75 Å².